The molecule has 0 saturated carbocycles. The van der Waals surface area contributed by atoms with Crippen LogP contribution < -0.4 is 9.47 Å². The zero-order chi connectivity index (χ0) is 25.0. The lowest BCUT2D eigenvalue weighted by atomic mass is 10.2. The molecule has 35 heavy (non-hydrogen) atoms. The topological polar surface area (TPSA) is 124 Å². The summed E-state index contributed by atoms with van der Waals surface area (Å²) in [5.41, 5.74) is 1.75. The number of rotatable bonds is 8. The minimum absolute atomic E-state index is 0.0609. The standard InChI is InChI=1S/C24H26N4O6S/c1-3-28-20-6-5-18(35(30,31)27-10-12-33-13-11-27)15-19(20)26-23(28)8-9-24(29)34-21-7-4-17(16-25)14-22(21)32-2/h4-7,14-15H,3,8-13H2,1-2H3. The highest BCUT2D eigenvalue weighted by Gasteiger charge is 2.27. The quantitative estimate of drug-likeness (QED) is 0.343. The third-order valence-corrected chi connectivity index (χ3v) is 7.69. The number of benzene rings is 2. The summed E-state index contributed by atoms with van der Waals surface area (Å²) in [7, 11) is -2.20. The van der Waals surface area contributed by atoms with Crippen molar-refractivity contribution in [3.8, 4) is 17.6 Å². The summed E-state index contributed by atoms with van der Waals surface area (Å²) in [6.45, 7) is 3.96. The highest BCUT2D eigenvalue weighted by Crippen LogP contribution is 2.29. The summed E-state index contributed by atoms with van der Waals surface area (Å²) in [5, 5.41) is 9.01. The number of morpholine rings is 1. The molecule has 0 unspecified atom stereocenters. The second kappa shape index (κ2) is 10.4. The van der Waals surface area contributed by atoms with Crippen molar-refractivity contribution >= 4 is 27.0 Å². The molecular formula is C24H26N4O6S. The monoisotopic (exact) mass is 498 g/mol. The van der Waals surface area contributed by atoms with E-state index in [1.165, 1.54) is 23.5 Å². The van der Waals surface area contributed by atoms with E-state index in [4.69, 9.17) is 19.5 Å². The molecule has 3 aromatic rings. The summed E-state index contributed by atoms with van der Waals surface area (Å²) < 4.78 is 45.3. The van der Waals surface area contributed by atoms with Gasteiger partial charge in [0, 0.05) is 32.1 Å². The van der Waals surface area contributed by atoms with Crippen LogP contribution in [0.15, 0.2) is 41.3 Å². The van der Waals surface area contributed by atoms with Crippen LogP contribution in [0.25, 0.3) is 11.0 Å². The molecule has 0 amide bonds. The van der Waals surface area contributed by atoms with Crippen LogP contribution in [-0.2, 0) is 32.5 Å². The molecule has 0 spiro atoms. The molecule has 184 valence electrons. The van der Waals surface area contributed by atoms with Gasteiger partial charge in [0.2, 0.25) is 10.0 Å². The molecule has 10 nitrogen and oxygen atoms in total. The first-order valence-corrected chi connectivity index (χ1v) is 12.7. The molecule has 11 heteroatoms. The number of methoxy groups -OCH3 is 1. The van der Waals surface area contributed by atoms with Crippen molar-refractivity contribution in [2.75, 3.05) is 33.4 Å². The van der Waals surface area contributed by atoms with E-state index in [2.05, 4.69) is 4.98 Å². The van der Waals surface area contributed by atoms with Gasteiger partial charge in [0.05, 0.1) is 54.3 Å². The average molecular weight is 499 g/mol. The number of aryl methyl sites for hydroxylation is 2. The maximum absolute atomic E-state index is 13.0. The Morgan fingerprint density at radius 1 is 1.17 bits per heavy atom. The number of carbonyl (C=O) groups excluding carboxylic acids is 1. The van der Waals surface area contributed by atoms with Gasteiger partial charge in [-0.05, 0) is 37.3 Å². The van der Waals surface area contributed by atoms with E-state index < -0.39 is 16.0 Å². The summed E-state index contributed by atoms with van der Waals surface area (Å²) in [6, 6.07) is 11.5. The summed E-state index contributed by atoms with van der Waals surface area (Å²) in [5.74, 6) is 0.719. The van der Waals surface area contributed by atoms with Gasteiger partial charge in [0.25, 0.3) is 0 Å². The van der Waals surface area contributed by atoms with Crippen molar-refractivity contribution in [2.45, 2.75) is 31.2 Å². The van der Waals surface area contributed by atoms with E-state index in [0.717, 1.165) is 5.52 Å². The number of fused-ring (bicyclic) bond motifs is 1. The molecule has 1 aliphatic rings. The molecule has 0 atom stereocenters. The van der Waals surface area contributed by atoms with Crippen LogP contribution in [0.3, 0.4) is 0 Å². The first-order chi connectivity index (χ1) is 16.9. The fraction of sp³-hybridized carbons (Fsp3) is 0.375. The predicted molar refractivity (Wildman–Crippen MR) is 127 cm³/mol. The largest absolute Gasteiger partial charge is 0.493 e. The smallest absolute Gasteiger partial charge is 0.311 e. The van der Waals surface area contributed by atoms with Gasteiger partial charge in [-0.2, -0.15) is 9.57 Å². The third kappa shape index (κ3) is 5.14. The average Bonchev–Trinajstić information content (AvgIpc) is 3.25. The molecule has 0 radical (unpaired) electrons. The van der Waals surface area contributed by atoms with Crippen LogP contribution in [0, 0.1) is 11.3 Å². The molecule has 2 heterocycles. The molecular weight excluding hydrogens is 472 g/mol. The lowest BCUT2D eigenvalue weighted by Gasteiger charge is -2.26. The van der Waals surface area contributed by atoms with Crippen molar-refractivity contribution in [2.24, 2.45) is 0 Å². The normalized spacial score (nSPS) is 14.5. The van der Waals surface area contributed by atoms with Crippen LogP contribution in [0.5, 0.6) is 11.5 Å². The number of sulfonamides is 1. The van der Waals surface area contributed by atoms with Crippen LogP contribution in [-0.4, -0.2) is 61.7 Å². The predicted octanol–water partition coefficient (Wildman–Crippen LogP) is 2.50. The Morgan fingerprint density at radius 3 is 2.63 bits per heavy atom. The number of ether oxygens (including phenoxy) is 3. The summed E-state index contributed by atoms with van der Waals surface area (Å²) in [4.78, 5) is 17.3. The zero-order valence-corrected chi connectivity index (χ0v) is 20.4. The number of esters is 1. The SMILES string of the molecule is CCn1c(CCC(=O)Oc2ccc(C#N)cc2OC)nc2cc(S(=O)(=O)N3CCOCC3)ccc21. The van der Waals surface area contributed by atoms with Crippen molar-refractivity contribution in [3.05, 3.63) is 47.8 Å². The van der Waals surface area contributed by atoms with E-state index in [1.54, 1.807) is 24.3 Å². The number of nitriles is 1. The highest BCUT2D eigenvalue weighted by atomic mass is 32.2. The first-order valence-electron chi connectivity index (χ1n) is 11.2. The first kappa shape index (κ1) is 24.7. The van der Waals surface area contributed by atoms with Crippen molar-refractivity contribution in [1.82, 2.24) is 13.9 Å². The Hall–Kier alpha value is -3.46. The maximum atomic E-state index is 13.0. The van der Waals surface area contributed by atoms with E-state index >= 15 is 0 Å². The van der Waals surface area contributed by atoms with E-state index in [1.807, 2.05) is 17.6 Å². The van der Waals surface area contributed by atoms with Crippen LogP contribution >= 0.6 is 0 Å². The lowest BCUT2D eigenvalue weighted by molar-refractivity contribution is -0.134. The van der Waals surface area contributed by atoms with Gasteiger partial charge in [-0.25, -0.2) is 13.4 Å². The molecule has 0 N–H and O–H groups in total. The Kier molecular flexibility index (Phi) is 7.35. The number of hydrogen-bond acceptors (Lipinski definition) is 8. The summed E-state index contributed by atoms with van der Waals surface area (Å²) >= 11 is 0. The molecule has 2 aromatic carbocycles. The van der Waals surface area contributed by atoms with Gasteiger partial charge < -0.3 is 18.8 Å². The molecule has 0 bridgehead atoms. The highest BCUT2D eigenvalue weighted by molar-refractivity contribution is 7.89. The number of imidazole rings is 1. The Morgan fingerprint density at radius 2 is 1.94 bits per heavy atom. The van der Waals surface area contributed by atoms with Gasteiger partial charge in [-0.1, -0.05) is 0 Å². The van der Waals surface area contributed by atoms with E-state index in [-0.39, 0.29) is 17.1 Å². The number of carbonyl (C=O) groups is 1. The number of nitrogens with zero attached hydrogens (tertiary/aromatic N) is 4. The van der Waals surface area contributed by atoms with Gasteiger partial charge >= 0.3 is 5.97 Å². The van der Waals surface area contributed by atoms with Gasteiger partial charge in [0.1, 0.15) is 5.82 Å². The number of aromatic nitrogens is 2. The van der Waals surface area contributed by atoms with Crippen LogP contribution in [0.1, 0.15) is 24.7 Å². The minimum atomic E-state index is -3.64. The Balaban J connectivity index is 1.51. The molecule has 4 rings (SSSR count). The fourth-order valence-corrected chi connectivity index (χ4v) is 5.44. The Bertz CT molecular complexity index is 1390. The van der Waals surface area contributed by atoms with Crippen LogP contribution in [0.4, 0.5) is 0 Å². The fourth-order valence-electron chi connectivity index (χ4n) is 4.01. The van der Waals surface area contributed by atoms with Crippen molar-refractivity contribution in [1.29, 1.82) is 5.26 Å². The molecule has 0 aliphatic carbocycles. The van der Waals surface area contributed by atoms with E-state index in [0.29, 0.717) is 61.9 Å². The lowest BCUT2D eigenvalue weighted by Crippen LogP contribution is -2.40. The molecule has 1 aliphatic heterocycles. The van der Waals surface area contributed by atoms with Gasteiger partial charge in [0.15, 0.2) is 11.5 Å². The van der Waals surface area contributed by atoms with Crippen molar-refractivity contribution in [3.63, 3.8) is 0 Å². The maximum Gasteiger partial charge on any atom is 0.311 e. The van der Waals surface area contributed by atoms with Gasteiger partial charge in [-0.3, -0.25) is 4.79 Å². The van der Waals surface area contributed by atoms with E-state index in [9.17, 15) is 13.2 Å². The summed E-state index contributed by atoms with van der Waals surface area (Å²) in [6.07, 6.45) is 0.372. The third-order valence-electron chi connectivity index (χ3n) is 5.79. The Labute approximate surface area is 203 Å². The second-order valence-electron chi connectivity index (χ2n) is 7.89. The van der Waals surface area contributed by atoms with Crippen molar-refractivity contribution < 1.29 is 27.4 Å². The molecule has 1 aromatic heterocycles. The zero-order valence-electron chi connectivity index (χ0n) is 19.6. The second-order valence-corrected chi connectivity index (χ2v) is 9.83. The molecule has 1 fully saturated rings. The minimum Gasteiger partial charge on any atom is -0.493 e. The van der Waals surface area contributed by atoms with Gasteiger partial charge in [-0.15, -0.1) is 0 Å². The van der Waals surface area contributed by atoms with Crippen LogP contribution in [0.2, 0.25) is 0 Å². The number of hydrogen-bond donors (Lipinski definition) is 0. The molecule has 1 saturated heterocycles.